The molecular formula is C11H11NO6. The number of benzene rings is 1. The fourth-order valence-corrected chi connectivity index (χ4v) is 1.85. The molecule has 0 aliphatic carbocycles. The van der Waals surface area contributed by atoms with Gasteiger partial charge in [0.25, 0.3) is 0 Å². The highest BCUT2D eigenvalue weighted by Crippen LogP contribution is 2.35. The van der Waals surface area contributed by atoms with Crippen molar-refractivity contribution in [3.05, 3.63) is 33.9 Å². The average molecular weight is 253 g/mol. The minimum absolute atomic E-state index is 0.109. The van der Waals surface area contributed by atoms with E-state index in [1.54, 1.807) is 18.2 Å². The van der Waals surface area contributed by atoms with Gasteiger partial charge >= 0.3 is 5.97 Å². The topological polar surface area (TPSA) is 98.9 Å². The van der Waals surface area contributed by atoms with Crippen LogP contribution in [0.1, 0.15) is 17.9 Å². The predicted molar refractivity (Wildman–Crippen MR) is 59.4 cm³/mol. The molecule has 1 unspecified atom stereocenters. The largest absolute Gasteiger partial charge is 0.481 e. The van der Waals surface area contributed by atoms with Gasteiger partial charge in [0.1, 0.15) is 0 Å². The smallest absolute Gasteiger partial charge is 0.304 e. The van der Waals surface area contributed by atoms with Crippen molar-refractivity contribution in [1.82, 2.24) is 0 Å². The number of carboxylic acid groups (broad SMARTS) is 1. The number of hydrogen-bond acceptors (Lipinski definition) is 5. The number of rotatable bonds is 5. The summed E-state index contributed by atoms with van der Waals surface area (Å²) in [6.45, 7) is -0.316. The summed E-state index contributed by atoms with van der Waals surface area (Å²) in [7, 11) is 0. The summed E-state index contributed by atoms with van der Waals surface area (Å²) in [5.74, 6) is -0.688. The number of aliphatic carboxylic acids is 1. The van der Waals surface area contributed by atoms with Gasteiger partial charge in [0.2, 0.25) is 13.3 Å². The van der Waals surface area contributed by atoms with E-state index in [0.29, 0.717) is 17.1 Å². The van der Waals surface area contributed by atoms with Crippen LogP contribution in [0.15, 0.2) is 18.2 Å². The first kappa shape index (κ1) is 12.2. The summed E-state index contributed by atoms with van der Waals surface area (Å²) in [6.07, 6.45) is -0.291. The summed E-state index contributed by atoms with van der Waals surface area (Å²) >= 11 is 0. The fourth-order valence-electron chi connectivity index (χ4n) is 1.85. The van der Waals surface area contributed by atoms with E-state index in [2.05, 4.69) is 0 Å². The summed E-state index contributed by atoms with van der Waals surface area (Å²) in [4.78, 5) is 20.8. The van der Waals surface area contributed by atoms with E-state index in [4.69, 9.17) is 14.6 Å². The average Bonchev–Trinajstić information content (AvgIpc) is 2.73. The normalized spacial score (nSPS) is 14.2. The van der Waals surface area contributed by atoms with E-state index in [-0.39, 0.29) is 13.2 Å². The van der Waals surface area contributed by atoms with E-state index in [0.717, 1.165) is 0 Å². The molecule has 1 aromatic carbocycles. The Morgan fingerprint density at radius 3 is 2.83 bits per heavy atom. The van der Waals surface area contributed by atoms with Crippen LogP contribution < -0.4 is 9.47 Å². The Balaban J connectivity index is 2.24. The molecule has 0 radical (unpaired) electrons. The van der Waals surface area contributed by atoms with Gasteiger partial charge in [-0.2, -0.15) is 0 Å². The first-order chi connectivity index (χ1) is 8.56. The highest BCUT2D eigenvalue weighted by Gasteiger charge is 2.23. The Bertz CT molecular complexity index is 470. The van der Waals surface area contributed by atoms with Gasteiger partial charge in [-0.05, 0) is 17.7 Å². The minimum Gasteiger partial charge on any atom is -0.481 e. The number of nitrogens with zero attached hydrogens (tertiary/aromatic N) is 1. The van der Waals surface area contributed by atoms with Crippen molar-refractivity contribution in [1.29, 1.82) is 0 Å². The second kappa shape index (κ2) is 4.91. The summed E-state index contributed by atoms with van der Waals surface area (Å²) in [5.41, 5.74) is 0.568. The maximum absolute atomic E-state index is 10.7. The van der Waals surface area contributed by atoms with Crippen molar-refractivity contribution in [2.75, 3.05) is 13.3 Å². The van der Waals surface area contributed by atoms with Crippen molar-refractivity contribution in [2.24, 2.45) is 0 Å². The molecule has 2 rings (SSSR count). The molecule has 0 fully saturated rings. The zero-order chi connectivity index (χ0) is 13.1. The monoisotopic (exact) mass is 253 g/mol. The van der Waals surface area contributed by atoms with Crippen LogP contribution in [-0.2, 0) is 4.79 Å². The molecule has 1 aliphatic rings. The van der Waals surface area contributed by atoms with Gasteiger partial charge in [0.15, 0.2) is 11.5 Å². The summed E-state index contributed by atoms with van der Waals surface area (Å²) in [6, 6.07) is 4.86. The van der Waals surface area contributed by atoms with Crippen LogP contribution in [0.2, 0.25) is 0 Å². The van der Waals surface area contributed by atoms with Crippen LogP contribution in [-0.4, -0.2) is 29.3 Å². The Morgan fingerprint density at radius 1 is 1.44 bits per heavy atom. The molecule has 1 N–H and O–H groups in total. The zero-order valence-electron chi connectivity index (χ0n) is 9.37. The third-order valence-electron chi connectivity index (χ3n) is 2.66. The number of hydrogen-bond donors (Lipinski definition) is 1. The van der Waals surface area contributed by atoms with E-state index in [1.807, 2.05) is 0 Å². The molecule has 0 saturated heterocycles. The molecule has 1 atom stereocenters. The van der Waals surface area contributed by atoms with E-state index >= 15 is 0 Å². The first-order valence-corrected chi connectivity index (χ1v) is 5.29. The van der Waals surface area contributed by atoms with Crippen LogP contribution in [0.4, 0.5) is 0 Å². The SMILES string of the molecule is O=C(O)CC(C[N+](=O)[O-])c1ccc2c(c1)OCO2. The predicted octanol–water partition coefficient (Wildman–Crippen LogP) is 1.25. The number of nitro groups is 1. The standard InChI is InChI=1S/C11H11NO6/c13-11(14)4-8(5-12(15)16)7-1-2-9-10(3-7)18-6-17-9/h1-3,8H,4-6H2,(H,13,14). The second-order valence-electron chi connectivity index (χ2n) is 3.92. The Hall–Kier alpha value is -2.31. The Labute approximate surface area is 102 Å². The Kier molecular flexibility index (Phi) is 3.31. The van der Waals surface area contributed by atoms with E-state index in [1.165, 1.54) is 0 Å². The quantitative estimate of drug-likeness (QED) is 0.626. The molecule has 1 aromatic rings. The molecule has 96 valence electrons. The van der Waals surface area contributed by atoms with Crippen LogP contribution in [0, 0.1) is 10.1 Å². The van der Waals surface area contributed by atoms with Gasteiger partial charge in [0, 0.05) is 4.92 Å². The third-order valence-corrected chi connectivity index (χ3v) is 2.66. The van der Waals surface area contributed by atoms with Crippen molar-refractivity contribution >= 4 is 5.97 Å². The molecule has 7 heteroatoms. The van der Waals surface area contributed by atoms with Gasteiger partial charge < -0.3 is 14.6 Å². The van der Waals surface area contributed by atoms with E-state index in [9.17, 15) is 14.9 Å². The summed E-state index contributed by atoms with van der Waals surface area (Å²) < 4.78 is 10.3. The van der Waals surface area contributed by atoms with Gasteiger partial charge in [-0.15, -0.1) is 0 Å². The lowest BCUT2D eigenvalue weighted by Crippen LogP contribution is -2.16. The first-order valence-electron chi connectivity index (χ1n) is 5.29. The number of ether oxygens (including phenoxy) is 2. The maximum Gasteiger partial charge on any atom is 0.304 e. The van der Waals surface area contributed by atoms with Crippen LogP contribution >= 0.6 is 0 Å². The Morgan fingerprint density at radius 2 is 2.17 bits per heavy atom. The molecule has 0 saturated carbocycles. The van der Waals surface area contributed by atoms with Gasteiger partial charge in [0.05, 0.1) is 12.3 Å². The van der Waals surface area contributed by atoms with Crippen molar-refractivity contribution in [3.63, 3.8) is 0 Å². The molecule has 0 amide bonds. The summed E-state index contributed by atoms with van der Waals surface area (Å²) in [5, 5.41) is 19.3. The number of fused-ring (bicyclic) bond motifs is 1. The molecule has 7 nitrogen and oxygen atoms in total. The molecule has 1 heterocycles. The molecular weight excluding hydrogens is 242 g/mol. The van der Waals surface area contributed by atoms with Crippen molar-refractivity contribution < 1.29 is 24.3 Å². The molecule has 1 aliphatic heterocycles. The highest BCUT2D eigenvalue weighted by atomic mass is 16.7. The minimum atomic E-state index is -1.07. The second-order valence-corrected chi connectivity index (χ2v) is 3.92. The molecule has 18 heavy (non-hydrogen) atoms. The van der Waals surface area contributed by atoms with Crippen molar-refractivity contribution in [3.8, 4) is 11.5 Å². The fraction of sp³-hybridized carbons (Fsp3) is 0.364. The van der Waals surface area contributed by atoms with Crippen LogP contribution in [0.3, 0.4) is 0 Å². The lowest BCUT2D eigenvalue weighted by Gasteiger charge is -2.11. The maximum atomic E-state index is 10.7. The van der Waals surface area contributed by atoms with Gasteiger partial charge in [-0.3, -0.25) is 14.9 Å². The molecule has 0 bridgehead atoms. The van der Waals surface area contributed by atoms with Crippen LogP contribution in [0.25, 0.3) is 0 Å². The highest BCUT2D eigenvalue weighted by molar-refractivity contribution is 5.68. The van der Waals surface area contributed by atoms with Gasteiger partial charge in [-0.1, -0.05) is 6.07 Å². The molecule has 0 aromatic heterocycles. The lowest BCUT2D eigenvalue weighted by atomic mass is 9.95. The van der Waals surface area contributed by atoms with Gasteiger partial charge in [-0.25, -0.2) is 0 Å². The van der Waals surface area contributed by atoms with Crippen molar-refractivity contribution in [2.45, 2.75) is 12.3 Å². The van der Waals surface area contributed by atoms with Crippen LogP contribution in [0.5, 0.6) is 11.5 Å². The zero-order valence-corrected chi connectivity index (χ0v) is 9.37. The number of carbonyl (C=O) groups is 1. The third kappa shape index (κ3) is 2.68. The number of carboxylic acids is 1. The molecule has 0 spiro atoms. The van der Waals surface area contributed by atoms with E-state index < -0.39 is 23.4 Å². The lowest BCUT2D eigenvalue weighted by molar-refractivity contribution is -0.483.